The number of sulfone groups is 1. The Morgan fingerprint density at radius 1 is 1.35 bits per heavy atom. The molecule has 0 saturated carbocycles. The molecule has 1 unspecified atom stereocenters. The van der Waals surface area contributed by atoms with E-state index in [-0.39, 0.29) is 5.75 Å². The van der Waals surface area contributed by atoms with Gasteiger partial charge in [0.2, 0.25) is 7.45 Å². The molecule has 0 radical (unpaired) electrons. The molecule has 0 amide bonds. The van der Waals surface area contributed by atoms with Gasteiger partial charge < -0.3 is 0 Å². The first-order chi connectivity index (χ1) is 7.72. The van der Waals surface area contributed by atoms with E-state index in [4.69, 9.17) is 0 Å². The number of hydrogen-bond acceptors (Lipinski definition) is 3. The van der Waals surface area contributed by atoms with Crippen LogP contribution in [0, 0.1) is 0 Å². The standard InChI is InChI=1S/C10H9Br2IO3S/c1-2-17(15,16)10(12,13)9(14)7-3-5-8(11)6-4-7/h3-6H,2H2,1H3. The Kier molecular flexibility index (Phi) is 5.19. The van der Waals surface area contributed by atoms with Crippen LogP contribution in [-0.2, 0) is 9.84 Å². The van der Waals surface area contributed by atoms with Gasteiger partial charge >= 0.3 is 0 Å². The highest BCUT2D eigenvalue weighted by molar-refractivity contribution is 14.1. The van der Waals surface area contributed by atoms with Crippen molar-refractivity contribution in [3.05, 3.63) is 34.3 Å². The van der Waals surface area contributed by atoms with E-state index in [0.717, 1.165) is 4.47 Å². The zero-order valence-corrected chi connectivity index (χ0v) is 14.9. The van der Waals surface area contributed by atoms with Gasteiger partial charge in [0.15, 0.2) is 9.84 Å². The summed E-state index contributed by atoms with van der Waals surface area (Å²) in [6.07, 6.45) is 0. The van der Waals surface area contributed by atoms with Crippen LogP contribution in [0.25, 0.3) is 0 Å². The van der Waals surface area contributed by atoms with Crippen LogP contribution < -0.4 is 0 Å². The fourth-order valence-corrected chi connectivity index (χ4v) is 4.28. The minimum Gasteiger partial charge on any atom is -0.290 e. The van der Waals surface area contributed by atoms with Crippen LogP contribution >= 0.6 is 54.5 Å². The second-order valence-corrected chi connectivity index (χ2v) is 12.1. The van der Waals surface area contributed by atoms with Crippen molar-refractivity contribution < 1.29 is 13.2 Å². The van der Waals surface area contributed by atoms with Gasteiger partial charge in [0, 0.05) is 10.0 Å². The first-order valence-corrected chi connectivity index (χ1v) is 8.94. The second-order valence-electron chi connectivity index (χ2n) is 3.26. The molecular formula is C10H9Br2IO3S. The molecule has 0 aromatic heterocycles. The van der Waals surface area contributed by atoms with E-state index < -0.39 is 17.3 Å². The highest BCUT2D eigenvalue weighted by atomic mass is 127. The first-order valence-electron chi connectivity index (χ1n) is 4.63. The van der Waals surface area contributed by atoms with Gasteiger partial charge in [-0.1, -0.05) is 35.0 Å². The van der Waals surface area contributed by atoms with Gasteiger partial charge in [-0.15, -0.1) is 0 Å². The summed E-state index contributed by atoms with van der Waals surface area (Å²) in [6, 6.07) is 6.58. The molecule has 17 heavy (non-hydrogen) atoms. The van der Waals surface area contributed by atoms with Crippen molar-refractivity contribution in [1.29, 1.82) is 0 Å². The average molecular weight is 496 g/mol. The molecule has 0 N–H and O–H groups in total. The van der Waals surface area contributed by atoms with Crippen molar-refractivity contribution in [2.24, 2.45) is 0 Å². The molecule has 0 aliphatic heterocycles. The number of carbonyl (C=O) groups excluding carboxylic acids is 1. The average Bonchev–Trinajstić information content (AvgIpc) is 2.28. The second kappa shape index (κ2) is 5.66. The van der Waals surface area contributed by atoms with Gasteiger partial charge in [0.25, 0.3) is 0 Å². The molecule has 1 rings (SSSR count). The topological polar surface area (TPSA) is 51.2 Å². The number of halogens is 3. The normalized spacial score (nSPS) is 15.3. The number of alkyl halides is 2. The lowest BCUT2D eigenvalue weighted by Gasteiger charge is -2.18. The molecule has 0 fully saturated rings. The van der Waals surface area contributed by atoms with Gasteiger partial charge in [-0.2, -0.15) is 0 Å². The molecule has 7 heteroatoms. The van der Waals surface area contributed by atoms with Crippen LogP contribution in [0.5, 0.6) is 0 Å². The van der Waals surface area contributed by atoms with Crippen LogP contribution in [0.15, 0.2) is 28.7 Å². The summed E-state index contributed by atoms with van der Waals surface area (Å²) in [5, 5.41) is 0. The summed E-state index contributed by atoms with van der Waals surface area (Å²) in [4.78, 5) is 12.1. The maximum atomic E-state index is 12.1. The zero-order valence-electron chi connectivity index (χ0n) is 8.78. The highest BCUT2D eigenvalue weighted by Crippen LogP contribution is 2.37. The zero-order chi connectivity index (χ0) is 13.3. The summed E-state index contributed by atoms with van der Waals surface area (Å²) in [7, 11) is -3.51. The Hall–Kier alpha value is 0.530. The summed E-state index contributed by atoms with van der Waals surface area (Å²) in [6.45, 7) is 1.51. The Bertz CT molecular complexity index is 523. The van der Waals surface area contributed by atoms with Crippen LogP contribution in [0.3, 0.4) is 0 Å². The Morgan fingerprint density at radius 3 is 2.24 bits per heavy atom. The Balaban J connectivity index is 3.18. The van der Waals surface area contributed by atoms with Crippen LogP contribution in [0.1, 0.15) is 17.3 Å². The van der Waals surface area contributed by atoms with Gasteiger partial charge in [0.05, 0.1) is 5.75 Å². The number of carbonyl (C=O) groups is 1. The van der Waals surface area contributed by atoms with E-state index in [1.165, 1.54) is 6.92 Å². The molecule has 0 bridgehead atoms. The molecule has 0 spiro atoms. The number of benzene rings is 1. The van der Waals surface area contributed by atoms with E-state index in [0.29, 0.717) is 5.56 Å². The van der Waals surface area contributed by atoms with E-state index in [2.05, 4.69) is 31.9 Å². The van der Waals surface area contributed by atoms with E-state index in [1.54, 1.807) is 46.9 Å². The molecule has 0 saturated heterocycles. The predicted octanol–water partition coefficient (Wildman–Crippen LogP) is 3.55. The fraction of sp³-hybridized carbons (Fsp3) is 0.300. The number of ketones is 1. The molecular weight excluding hydrogens is 487 g/mol. The van der Waals surface area contributed by atoms with Crippen molar-refractivity contribution in [2.45, 2.75) is 8.59 Å². The van der Waals surface area contributed by atoms with Gasteiger partial charge in [-0.3, -0.25) is 4.79 Å². The molecule has 0 aliphatic carbocycles. The number of Topliss-reactive ketones (excluding diaryl/α,β-unsaturated/α-hetero) is 1. The third-order valence-corrected chi connectivity index (χ3v) is 8.74. The maximum Gasteiger partial charge on any atom is 0.239 e. The quantitative estimate of drug-likeness (QED) is 0.365. The molecule has 1 aromatic carbocycles. The molecule has 0 aliphatic rings. The van der Waals surface area contributed by atoms with Crippen molar-refractivity contribution in [3.63, 3.8) is 0 Å². The van der Waals surface area contributed by atoms with Crippen LogP contribution in [-0.4, -0.2) is 21.6 Å². The fourth-order valence-electron chi connectivity index (χ4n) is 1.09. The minimum absolute atomic E-state index is 0.0938. The van der Waals surface area contributed by atoms with Crippen molar-refractivity contribution >= 4 is 70.1 Å². The summed E-state index contributed by atoms with van der Waals surface area (Å²) >= 11 is 7.90. The van der Waals surface area contributed by atoms with E-state index in [1.807, 2.05) is 0 Å². The van der Waals surface area contributed by atoms with Crippen molar-refractivity contribution in [3.8, 4) is 0 Å². The monoisotopic (exact) mass is 494 g/mol. The maximum absolute atomic E-state index is 12.1. The Labute approximate surface area is 131 Å². The van der Waals surface area contributed by atoms with Gasteiger partial charge in [-0.05, 0) is 50.7 Å². The van der Waals surface area contributed by atoms with Gasteiger partial charge in [0.1, 0.15) is 0 Å². The lowest BCUT2D eigenvalue weighted by molar-refractivity contribution is 0.101. The molecule has 0 heterocycles. The number of rotatable bonds is 4. The van der Waals surface area contributed by atoms with Crippen LogP contribution in [0.2, 0.25) is 0 Å². The molecule has 1 atom stereocenters. The molecule has 94 valence electrons. The van der Waals surface area contributed by atoms with E-state index >= 15 is 0 Å². The minimum atomic E-state index is -3.51. The number of hydrogen-bond donors (Lipinski definition) is 0. The van der Waals surface area contributed by atoms with Crippen LogP contribution in [0.4, 0.5) is 0 Å². The largest absolute Gasteiger partial charge is 0.290 e. The Morgan fingerprint density at radius 2 is 1.82 bits per heavy atom. The SMILES string of the molecule is CCS(=O)(=O)C(Br)(I)C(=O)c1ccc(Br)cc1. The smallest absolute Gasteiger partial charge is 0.239 e. The molecule has 3 nitrogen and oxygen atoms in total. The summed E-state index contributed by atoms with van der Waals surface area (Å²) in [5.74, 6) is -0.559. The predicted molar refractivity (Wildman–Crippen MR) is 83.6 cm³/mol. The third-order valence-electron chi connectivity index (χ3n) is 2.14. The van der Waals surface area contributed by atoms with E-state index in [9.17, 15) is 13.2 Å². The summed E-state index contributed by atoms with van der Waals surface area (Å²) < 4.78 is 22.9. The first kappa shape index (κ1) is 15.6. The van der Waals surface area contributed by atoms with Crippen molar-refractivity contribution in [1.82, 2.24) is 0 Å². The van der Waals surface area contributed by atoms with Crippen molar-refractivity contribution in [2.75, 3.05) is 5.75 Å². The molecule has 1 aromatic rings. The summed E-state index contributed by atoms with van der Waals surface area (Å²) in [5.41, 5.74) is 0.358. The van der Waals surface area contributed by atoms with Gasteiger partial charge in [-0.25, -0.2) is 8.42 Å². The lowest BCUT2D eigenvalue weighted by Crippen LogP contribution is -2.35. The highest BCUT2D eigenvalue weighted by Gasteiger charge is 2.45. The third kappa shape index (κ3) is 3.30. The lowest BCUT2D eigenvalue weighted by atomic mass is 10.1.